The Morgan fingerprint density at radius 2 is 1.90 bits per heavy atom. The number of guanidine groups is 1. The van der Waals surface area contributed by atoms with Crippen LogP contribution in [-0.4, -0.2) is 70.1 Å². The molecule has 6 nitrogen and oxygen atoms in total. The van der Waals surface area contributed by atoms with Crippen LogP contribution in [0.4, 0.5) is 0 Å². The van der Waals surface area contributed by atoms with Gasteiger partial charge < -0.3 is 24.4 Å². The van der Waals surface area contributed by atoms with Crippen molar-refractivity contribution in [3.05, 3.63) is 35.9 Å². The first-order valence-electron chi connectivity index (χ1n) is 11.7. The van der Waals surface area contributed by atoms with E-state index in [1.54, 1.807) is 0 Å². The molecule has 1 atom stereocenters. The normalized spacial score (nSPS) is 20.6. The van der Waals surface area contributed by atoms with Crippen LogP contribution in [-0.2, 0) is 20.8 Å². The summed E-state index contributed by atoms with van der Waals surface area (Å²) in [6, 6.07) is 10.4. The Kier molecular flexibility index (Phi) is 10.5. The molecule has 168 valence electrons. The van der Waals surface area contributed by atoms with Crippen molar-refractivity contribution in [2.45, 2.75) is 39.2 Å². The molecule has 2 aliphatic rings. The lowest BCUT2D eigenvalue weighted by atomic mass is 10.0. The minimum Gasteiger partial charge on any atom is -0.381 e. The number of nitrogens with zero attached hydrogens (tertiary/aromatic N) is 2. The number of aliphatic imine (C=N–C) groups is 1. The molecule has 2 fully saturated rings. The molecule has 1 N–H and O–H groups in total. The molecule has 0 saturated carbocycles. The molecule has 0 aromatic heterocycles. The average Bonchev–Trinajstić information content (AvgIpc) is 3.25. The largest absolute Gasteiger partial charge is 0.381 e. The first kappa shape index (κ1) is 23.0. The summed E-state index contributed by atoms with van der Waals surface area (Å²) in [5.41, 5.74) is 1.24. The second kappa shape index (κ2) is 13.6. The van der Waals surface area contributed by atoms with Crippen LogP contribution < -0.4 is 5.32 Å². The van der Waals surface area contributed by atoms with Gasteiger partial charge in [-0.2, -0.15) is 0 Å². The monoisotopic (exact) mass is 417 g/mol. The maximum atomic E-state index is 5.96. The van der Waals surface area contributed by atoms with Gasteiger partial charge in [0.2, 0.25) is 0 Å². The number of likely N-dealkylation sites (tertiary alicyclic amines) is 1. The topological polar surface area (TPSA) is 55.3 Å². The predicted molar refractivity (Wildman–Crippen MR) is 121 cm³/mol. The second-order valence-electron chi connectivity index (χ2n) is 8.32. The van der Waals surface area contributed by atoms with Crippen molar-refractivity contribution in [1.29, 1.82) is 0 Å². The summed E-state index contributed by atoms with van der Waals surface area (Å²) in [6.07, 6.45) is 4.39. The quantitative estimate of drug-likeness (QED) is 0.340. The van der Waals surface area contributed by atoms with Gasteiger partial charge in [-0.15, -0.1) is 0 Å². The fourth-order valence-corrected chi connectivity index (χ4v) is 4.02. The number of rotatable bonds is 11. The van der Waals surface area contributed by atoms with E-state index in [0.29, 0.717) is 18.4 Å². The van der Waals surface area contributed by atoms with Crippen LogP contribution in [0.5, 0.6) is 0 Å². The highest BCUT2D eigenvalue weighted by Crippen LogP contribution is 2.18. The van der Waals surface area contributed by atoms with E-state index in [0.717, 1.165) is 90.9 Å². The van der Waals surface area contributed by atoms with E-state index >= 15 is 0 Å². The van der Waals surface area contributed by atoms with Gasteiger partial charge in [0, 0.05) is 58.5 Å². The molecular formula is C24H39N3O3. The Bertz CT molecular complexity index is 605. The molecule has 0 radical (unpaired) electrons. The summed E-state index contributed by atoms with van der Waals surface area (Å²) < 4.78 is 17.2. The summed E-state index contributed by atoms with van der Waals surface area (Å²) in [7, 11) is 0. The maximum absolute atomic E-state index is 5.96. The lowest BCUT2D eigenvalue weighted by molar-refractivity contribution is 0.0205. The smallest absolute Gasteiger partial charge is 0.193 e. The Hall–Kier alpha value is -1.63. The van der Waals surface area contributed by atoms with Gasteiger partial charge in [0.05, 0.1) is 13.2 Å². The molecule has 0 amide bonds. The van der Waals surface area contributed by atoms with E-state index in [-0.39, 0.29) is 0 Å². The minimum absolute atomic E-state index is 0.570. The summed E-state index contributed by atoms with van der Waals surface area (Å²) in [5.74, 6) is 2.28. The molecule has 0 aliphatic carbocycles. The van der Waals surface area contributed by atoms with Crippen LogP contribution in [0.2, 0.25) is 0 Å². The van der Waals surface area contributed by atoms with Gasteiger partial charge in [0.1, 0.15) is 0 Å². The van der Waals surface area contributed by atoms with Crippen LogP contribution in [0.15, 0.2) is 35.3 Å². The summed E-state index contributed by atoms with van der Waals surface area (Å²) in [5, 5.41) is 3.45. The Balaban J connectivity index is 1.31. The summed E-state index contributed by atoms with van der Waals surface area (Å²) in [4.78, 5) is 7.21. The number of nitrogens with one attached hydrogen (secondary N) is 1. The SMILES string of the molecule is CCNC(=NCCCOCC1CCOCC1)N1CCC(COCc2ccccc2)C1. The lowest BCUT2D eigenvalue weighted by Crippen LogP contribution is -2.40. The van der Waals surface area contributed by atoms with Gasteiger partial charge in [-0.1, -0.05) is 30.3 Å². The predicted octanol–water partition coefficient (Wildman–Crippen LogP) is 3.32. The molecule has 2 aliphatic heterocycles. The minimum atomic E-state index is 0.570. The van der Waals surface area contributed by atoms with Crippen LogP contribution >= 0.6 is 0 Å². The highest BCUT2D eigenvalue weighted by molar-refractivity contribution is 5.80. The third-order valence-electron chi connectivity index (χ3n) is 5.79. The van der Waals surface area contributed by atoms with Gasteiger partial charge in [-0.25, -0.2) is 0 Å². The van der Waals surface area contributed by atoms with Crippen molar-refractivity contribution in [3.8, 4) is 0 Å². The average molecular weight is 418 g/mol. The van der Waals surface area contributed by atoms with E-state index in [1.165, 1.54) is 5.56 Å². The highest BCUT2D eigenvalue weighted by Gasteiger charge is 2.25. The molecule has 0 spiro atoms. The van der Waals surface area contributed by atoms with E-state index in [2.05, 4.69) is 41.4 Å². The molecule has 6 heteroatoms. The molecule has 2 saturated heterocycles. The van der Waals surface area contributed by atoms with Crippen LogP contribution in [0.1, 0.15) is 38.2 Å². The first-order valence-corrected chi connectivity index (χ1v) is 11.7. The zero-order chi connectivity index (χ0) is 20.9. The standard InChI is InChI=1S/C24H39N3O3/c1-2-25-24(26-12-6-14-29-18-22-10-15-28-16-11-22)27-13-9-23(17-27)20-30-19-21-7-4-3-5-8-21/h3-5,7-8,22-23H,2,6,9-20H2,1H3,(H,25,26). The third kappa shape index (κ3) is 8.25. The van der Waals surface area contributed by atoms with Crippen LogP contribution in [0.3, 0.4) is 0 Å². The highest BCUT2D eigenvalue weighted by atomic mass is 16.5. The fourth-order valence-electron chi connectivity index (χ4n) is 4.02. The molecule has 0 bridgehead atoms. The van der Waals surface area contributed by atoms with E-state index in [4.69, 9.17) is 19.2 Å². The second-order valence-corrected chi connectivity index (χ2v) is 8.32. The van der Waals surface area contributed by atoms with Crippen molar-refractivity contribution in [2.75, 3.05) is 59.2 Å². The van der Waals surface area contributed by atoms with Gasteiger partial charge in [0.15, 0.2) is 5.96 Å². The third-order valence-corrected chi connectivity index (χ3v) is 5.79. The number of ether oxygens (including phenoxy) is 3. The van der Waals surface area contributed by atoms with Crippen molar-refractivity contribution in [2.24, 2.45) is 16.8 Å². The van der Waals surface area contributed by atoms with Crippen molar-refractivity contribution in [3.63, 3.8) is 0 Å². The van der Waals surface area contributed by atoms with Gasteiger partial charge in [-0.3, -0.25) is 4.99 Å². The number of hydrogen-bond donors (Lipinski definition) is 1. The Morgan fingerprint density at radius 1 is 1.10 bits per heavy atom. The Morgan fingerprint density at radius 3 is 2.70 bits per heavy atom. The summed E-state index contributed by atoms with van der Waals surface area (Å²) >= 11 is 0. The van der Waals surface area contributed by atoms with Crippen molar-refractivity contribution in [1.82, 2.24) is 10.2 Å². The first-order chi connectivity index (χ1) is 14.8. The molecule has 3 rings (SSSR count). The maximum Gasteiger partial charge on any atom is 0.193 e. The molecule has 1 aromatic carbocycles. The van der Waals surface area contributed by atoms with Crippen LogP contribution in [0, 0.1) is 11.8 Å². The van der Waals surface area contributed by atoms with E-state index in [9.17, 15) is 0 Å². The number of benzene rings is 1. The molecular weight excluding hydrogens is 378 g/mol. The van der Waals surface area contributed by atoms with Gasteiger partial charge >= 0.3 is 0 Å². The van der Waals surface area contributed by atoms with Crippen molar-refractivity contribution >= 4 is 5.96 Å². The fraction of sp³-hybridized carbons (Fsp3) is 0.708. The molecule has 1 aromatic rings. The Labute approximate surface area is 182 Å². The van der Waals surface area contributed by atoms with Gasteiger partial charge in [0.25, 0.3) is 0 Å². The summed E-state index contributed by atoms with van der Waals surface area (Å²) in [6.45, 7) is 10.8. The molecule has 1 unspecified atom stereocenters. The van der Waals surface area contributed by atoms with Gasteiger partial charge in [-0.05, 0) is 44.1 Å². The lowest BCUT2D eigenvalue weighted by Gasteiger charge is -2.22. The zero-order valence-electron chi connectivity index (χ0n) is 18.6. The number of hydrogen-bond acceptors (Lipinski definition) is 4. The zero-order valence-corrected chi connectivity index (χ0v) is 18.6. The van der Waals surface area contributed by atoms with E-state index in [1.807, 2.05) is 6.07 Å². The van der Waals surface area contributed by atoms with E-state index < -0.39 is 0 Å². The van der Waals surface area contributed by atoms with Crippen LogP contribution in [0.25, 0.3) is 0 Å². The molecule has 2 heterocycles. The molecule has 30 heavy (non-hydrogen) atoms. The van der Waals surface area contributed by atoms with Crippen molar-refractivity contribution < 1.29 is 14.2 Å².